The van der Waals surface area contributed by atoms with Gasteiger partial charge in [-0.1, -0.05) is 36.4 Å². The van der Waals surface area contributed by atoms with Gasteiger partial charge in [0, 0.05) is 16.7 Å². The van der Waals surface area contributed by atoms with E-state index in [4.69, 9.17) is 13.9 Å². The molecule has 0 spiro atoms. The molecule has 0 bridgehead atoms. The van der Waals surface area contributed by atoms with Crippen molar-refractivity contribution in [3.8, 4) is 22.8 Å². The molecule has 2 N–H and O–H groups in total. The Morgan fingerprint density at radius 1 is 0.889 bits per heavy atom. The van der Waals surface area contributed by atoms with Crippen molar-refractivity contribution in [3.05, 3.63) is 93.6 Å². The third-order valence-electron chi connectivity index (χ3n) is 5.50. The minimum atomic E-state index is -0.633. The number of ether oxygens (including phenoxy) is 2. The maximum absolute atomic E-state index is 13.0. The van der Waals surface area contributed by atoms with Crippen LogP contribution in [0.5, 0.6) is 11.5 Å². The van der Waals surface area contributed by atoms with Crippen molar-refractivity contribution in [2.75, 3.05) is 7.11 Å². The van der Waals surface area contributed by atoms with Gasteiger partial charge in [-0.3, -0.25) is 25.2 Å². The van der Waals surface area contributed by atoms with Crippen LogP contribution in [-0.2, 0) is 0 Å². The summed E-state index contributed by atoms with van der Waals surface area (Å²) in [6.07, 6.45) is -0.0650. The number of rotatable bonds is 6. The highest BCUT2D eigenvalue weighted by molar-refractivity contribution is 6.06. The summed E-state index contributed by atoms with van der Waals surface area (Å²) >= 11 is 0. The van der Waals surface area contributed by atoms with Crippen LogP contribution in [0.3, 0.4) is 0 Å². The highest BCUT2D eigenvalue weighted by Gasteiger charge is 2.19. The van der Waals surface area contributed by atoms with Crippen LogP contribution in [0.1, 0.15) is 40.1 Å². The Bertz CT molecular complexity index is 1490. The van der Waals surface area contributed by atoms with Crippen LogP contribution in [0.15, 0.2) is 75.9 Å². The third-order valence-corrected chi connectivity index (χ3v) is 5.50. The Kier molecular flexibility index (Phi) is 7.05. The number of hydrazine groups is 1. The predicted octanol–water partition coefficient (Wildman–Crippen LogP) is 4.64. The fraction of sp³-hybridized carbons (Fsp3) is 0.179. The summed E-state index contributed by atoms with van der Waals surface area (Å²) in [5.74, 6) is 0.0887. The number of para-hydroxylation sites is 1. The molecule has 0 radical (unpaired) electrons. The van der Waals surface area contributed by atoms with Gasteiger partial charge in [-0.25, -0.2) is 0 Å². The number of carbonyl (C=O) groups is 2. The molecule has 0 aliphatic heterocycles. The molecule has 0 aliphatic rings. The largest absolute Gasteiger partial charge is 0.493 e. The summed E-state index contributed by atoms with van der Waals surface area (Å²) in [6.45, 7) is 5.45. The Morgan fingerprint density at radius 2 is 1.61 bits per heavy atom. The van der Waals surface area contributed by atoms with Crippen molar-refractivity contribution in [1.82, 2.24) is 10.9 Å². The number of hydrogen-bond donors (Lipinski definition) is 2. The average molecular weight is 487 g/mol. The van der Waals surface area contributed by atoms with E-state index in [9.17, 15) is 14.4 Å². The van der Waals surface area contributed by atoms with E-state index in [0.29, 0.717) is 22.8 Å². The molecule has 36 heavy (non-hydrogen) atoms. The molecule has 0 atom stereocenters. The fourth-order valence-electron chi connectivity index (χ4n) is 3.77. The zero-order valence-corrected chi connectivity index (χ0v) is 20.4. The Hall–Kier alpha value is -4.59. The highest BCUT2D eigenvalue weighted by atomic mass is 16.5. The van der Waals surface area contributed by atoms with Crippen LogP contribution in [0.25, 0.3) is 22.3 Å². The summed E-state index contributed by atoms with van der Waals surface area (Å²) in [7, 11) is 1.48. The van der Waals surface area contributed by atoms with E-state index in [1.54, 1.807) is 31.2 Å². The maximum atomic E-state index is 13.0. The standard InChI is InChI=1S/C28H26N2O6/c1-16(2)35-22-14-13-19(15-23(22)34-4)27(32)29-30-28(33)21-12-8-11-20-24(31)17(3)25(36-26(20)21)18-9-6-5-7-10-18/h5-16H,1-4H3,(H,29,32)(H,30,33). The average Bonchev–Trinajstić information content (AvgIpc) is 2.89. The molecule has 1 heterocycles. The lowest BCUT2D eigenvalue weighted by atomic mass is 10.0. The lowest BCUT2D eigenvalue weighted by molar-refractivity contribution is 0.0846. The van der Waals surface area contributed by atoms with Crippen LogP contribution < -0.4 is 25.8 Å². The van der Waals surface area contributed by atoms with Gasteiger partial charge in [0.25, 0.3) is 11.8 Å². The maximum Gasteiger partial charge on any atom is 0.273 e. The normalized spacial score (nSPS) is 10.8. The summed E-state index contributed by atoms with van der Waals surface area (Å²) in [6, 6.07) is 18.6. The molecular formula is C28H26N2O6. The third kappa shape index (κ3) is 4.93. The van der Waals surface area contributed by atoms with Gasteiger partial charge in [-0.05, 0) is 51.1 Å². The molecule has 1 aromatic heterocycles. The van der Waals surface area contributed by atoms with Gasteiger partial charge in [-0.2, -0.15) is 0 Å². The first kappa shape index (κ1) is 24.5. The van der Waals surface area contributed by atoms with Crippen molar-refractivity contribution in [3.63, 3.8) is 0 Å². The number of fused-ring (bicyclic) bond motifs is 1. The van der Waals surface area contributed by atoms with Crippen LogP contribution in [-0.4, -0.2) is 25.0 Å². The zero-order valence-electron chi connectivity index (χ0n) is 20.4. The van der Waals surface area contributed by atoms with E-state index in [-0.39, 0.29) is 33.6 Å². The van der Waals surface area contributed by atoms with Crippen molar-refractivity contribution in [1.29, 1.82) is 0 Å². The quantitative estimate of drug-likeness (QED) is 0.385. The van der Waals surface area contributed by atoms with Gasteiger partial charge in [0.15, 0.2) is 22.5 Å². The topological polar surface area (TPSA) is 107 Å². The van der Waals surface area contributed by atoms with E-state index < -0.39 is 11.8 Å². The number of carbonyl (C=O) groups excluding carboxylic acids is 2. The molecule has 2 amide bonds. The SMILES string of the molecule is COc1cc(C(=O)NNC(=O)c2cccc3c(=O)c(C)c(-c4ccccc4)oc23)ccc1OC(C)C. The summed E-state index contributed by atoms with van der Waals surface area (Å²) in [4.78, 5) is 38.7. The van der Waals surface area contributed by atoms with E-state index in [1.165, 1.54) is 19.2 Å². The lowest BCUT2D eigenvalue weighted by Crippen LogP contribution is -2.41. The van der Waals surface area contributed by atoms with Crippen LogP contribution in [0.4, 0.5) is 0 Å². The molecule has 0 saturated heterocycles. The second-order valence-corrected chi connectivity index (χ2v) is 8.37. The summed E-state index contributed by atoms with van der Waals surface area (Å²) in [5, 5.41) is 0.275. The number of methoxy groups -OCH3 is 1. The van der Waals surface area contributed by atoms with E-state index in [2.05, 4.69) is 10.9 Å². The molecular weight excluding hydrogens is 460 g/mol. The smallest absolute Gasteiger partial charge is 0.273 e. The molecule has 184 valence electrons. The van der Waals surface area contributed by atoms with E-state index in [1.807, 2.05) is 44.2 Å². The lowest BCUT2D eigenvalue weighted by Gasteiger charge is -2.15. The summed E-state index contributed by atoms with van der Waals surface area (Å²) in [5.41, 5.74) is 6.22. The van der Waals surface area contributed by atoms with Crippen LogP contribution >= 0.6 is 0 Å². The Morgan fingerprint density at radius 3 is 2.31 bits per heavy atom. The summed E-state index contributed by atoms with van der Waals surface area (Å²) < 4.78 is 17.1. The monoisotopic (exact) mass is 486 g/mol. The molecule has 4 aromatic rings. The molecule has 0 saturated carbocycles. The van der Waals surface area contributed by atoms with Gasteiger partial charge in [-0.15, -0.1) is 0 Å². The highest BCUT2D eigenvalue weighted by Crippen LogP contribution is 2.29. The van der Waals surface area contributed by atoms with Gasteiger partial charge >= 0.3 is 0 Å². The minimum Gasteiger partial charge on any atom is -0.493 e. The molecule has 8 heteroatoms. The van der Waals surface area contributed by atoms with E-state index in [0.717, 1.165) is 5.56 Å². The number of benzene rings is 3. The van der Waals surface area contributed by atoms with Crippen LogP contribution in [0, 0.1) is 6.92 Å². The van der Waals surface area contributed by atoms with Crippen molar-refractivity contribution < 1.29 is 23.5 Å². The Labute approximate surface area is 207 Å². The first-order chi connectivity index (χ1) is 17.3. The first-order valence-electron chi connectivity index (χ1n) is 11.4. The fourth-order valence-corrected chi connectivity index (χ4v) is 3.77. The molecule has 8 nitrogen and oxygen atoms in total. The van der Waals surface area contributed by atoms with E-state index >= 15 is 0 Å². The van der Waals surface area contributed by atoms with Crippen LogP contribution in [0.2, 0.25) is 0 Å². The van der Waals surface area contributed by atoms with Crippen molar-refractivity contribution in [2.24, 2.45) is 0 Å². The zero-order chi connectivity index (χ0) is 25.8. The molecule has 3 aromatic carbocycles. The first-order valence-corrected chi connectivity index (χ1v) is 11.4. The minimum absolute atomic E-state index is 0.0650. The molecule has 0 unspecified atom stereocenters. The number of amides is 2. The molecule has 0 aliphatic carbocycles. The second-order valence-electron chi connectivity index (χ2n) is 8.37. The van der Waals surface area contributed by atoms with Gasteiger partial charge < -0.3 is 13.9 Å². The number of hydrogen-bond acceptors (Lipinski definition) is 6. The number of nitrogens with one attached hydrogen (secondary N) is 2. The van der Waals surface area contributed by atoms with Gasteiger partial charge in [0.2, 0.25) is 0 Å². The van der Waals surface area contributed by atoms with Gasteiger partial charge in [0.1, 0.15) is 5.76 Å². The predicted molar refractivity (Wildman–Crippen MR) is 136 cm³/mol. The van der Waals surface area contributed by atoms with Crippen molar-refractivity contribution >= 4 is 22.8 Å². The Balaban J connectivity index is 1.60. The second kappa shape index (κ2) is 10.4. The van der Waals surface area contributed by atoms with Crippen molar-refractivity contribution in [2.45, 2.75) is 26.9 Å². The molecule has 4 rings (SSSR count). The van der Waals surface area contributed by atoms with Gasteiger partial charge in [0.05, 0.1) is 24.2 Å². The molecule has 0 fully saturated rings.